The smallest absolute Gasteiger partial charge is 0.273 e. The molecule has 0 aromatic heterocycles. The molecule has 0 aliphatic heterocycles. The number of rotatable bonds is 8. The Kier molecular flexibility index (Phi) is 7.37. The van der Waals surface area contributed by atoms with Crippen LogP contribution in [0.15, 0.2) is 58.8 Å². The standard InChI is InChI=1S/C20H23N3O4/c1-14(16-10-7-8-12-18(16)25-3)22-27-13-15-9-5-6-11-17(15)19(23-26-4)20(24)21-2/h5-12H,13H2,1-4H3,(H,21,24)/b22-14+,23-19+. The number of ether oxygens (including phenoxy) is 1. The Morgan fingerprint density at radius 3 is 2.33 bits per heavy atom. The molecular formula is C20H23N3O4. The Hall–Kier alpha value is -3.35. The van der Waals surface area contributed by atoms with E-state index in [1.807, 2.05) is 49.4 Å². The molecule has 0 radical (unpaired) electrons. The Bertz CT molecular complexity index is 847. The summed E-state index contributed by atoms with van der Waals surface area (Å²) in [7, 11) is 4.54. The largest absolute Gasteiger partial charge is 0.496 e. The molecule has 0 atom stereocenters. The van der Waals surface area contributed by atoms with Gasteiger partial charge in [0.1, 0.15) is 19.5 Å². The number of likely N-dealkylation sites (N-methyl/N-ethyl adjacent to an activating group) is 1. The van der Waals surface area contributed by atoms with Gasteiger partial charge in [0.25, 0.3) is 5.91 Å². The van der Waals surface area contributed by atoms with E-state index in [-0.39, 0.29) is 18.2 Å². The van der Waals surface area contributed by atoms with Crippen LogP contribution in [0.1, 0.15) is 23.6 Å². The van der Waals surface area contributed by atoms with Crippen LogP contribution in [-0.2, 0) is 21.1 Å². The summed E-state index contributed by atoms with van der Waals surface area (Å²) < 4.78 is 5.34. The number of nitrogens with one attached hydrogen (secondary N) is 1. The highest BCUT2D eigenvalue weighted by atomic mass is 16.6. The SMILES string of the molecule is CNC(=O)/C(=N/OC)c1ccccc1CO/N=C(\C)c1ccccc1OC. The monoisotopic (exact) mass is 369 g/mol. The molecule has 0 saturated carbocycles. The fourth-order valence-electron chi connectivity index (χ4n) is 2.49. The number of nitrogens with zero attached hydrogens (tertiary/aromatic N) is 2. The van der Waals surface area contributed by atoms with Crippen LogP contribution in [0, 0.1) is 0 Å². The summed E-state index contributed by atoms with van der Waals surface area (Å²) in [6.45, 7) is 2.01. The van der Waals surface area contributed by atoms with Gasteiger partial charge in [-0.15, -0.1) is 0 Å². The van der Waals surface area contributed by atoms with Crippen molar-refractivity contribution in [3.63, 3.8) is 0 Å². The molecule has 2 rings (SSSR count). The molecule has 27 heavy (non-hydrogen) atoms. The number of amides is 1. The van der Waals surface area contributed by atoms with E-state index in [9.17, 15) is 4.79 Å². The molecule has 0 spiro atoms. The van der Waals surface area contributed by atoms with E-state index in [1.54, 1.807) is 13.2 Å². The van der Waals surface area contributed by atoms with Crippen LogP contribution < -0.4 is 10.1 Å². The lowest BCUT2D eigenvalue weighted by molar-refractivity contribution is -0.114. The van der Waals surface area contributed by atoms with Crippen molar-refractivity contribution in [2.24, 2.45) is 10.3 Å². The molecule has 1 amide bonds. The normalized spacial score (nSPS) is 11.7. The van der Waals surface area contributed by atoms with Gasteiger partial charge >= 0.3 is 0 Å². The van der Waals surface area contributed by atoms with Crippen LogP contribution >= 0.6 is 0 Å². The van der Waals surface area contributed by atoms with Crippen molar-refractivity contribution < 1.29 is 19.2 Å². The van der Waals surface area contributed by atoms with Crippen LogP contribution in [0.25, 0.3) is 0 Å². The first-order valence-corrected chi connectivity index (χ1v) is 8.33. The number of hydrogen-bond acceptors (Lipinski definition) is 6. The summed E-state index contributed by atoms with van der Waals surface area (Å²) in [6.07, 6.45) is 0. The highest BCUT2D eigenvalue weighted by Gasteiger charge is 2.17. The van der Waals surface area contributed by atoms with E-state index < -0.39 is 0 Å². The van der Waals surface area contributed by atoms with Gasteiger partial charge in [-0.2, -0.15) is 0 Å². The van der Waals surface area contributed by atoms with Crippen LogP contribution in [-0.4, -0.2) is 38.6 Å². The molecule has 142 valence electrons. The number of benzene rings is 2. The third-order valence-electron chi connectivity index (χ3n) is 3.82. The Morgan fingerprint density at radius 2 is 1.67 bits per heavy atom. The highest BCUT2D eigenvalue weighted by molar-refractivity contribution is 6.45. The zero-order valence-corrected chi connectivity index (χ0v) is 15.9. The average Bonchev–Trinajstić information content (AvgIpc) is 2.71. The molecule has 2 aromatic carbocycles. The first-order chi connectivity index (χ1) is 13.1. The van der Waals surface area contributed by atoms with Gasteiger partial charge in [-0.1, -0.05) is 46.7 Å². The van der Waals surface area contributed by atoms with E-state index >= 15 is 0 Å². The predicted molar refractivity (Wildman–Crippen MR) is 104 cm³/mol. The predicted octanol–water partition coefficient (Wildman–Crippen LogP) is 2.73. The van der Waals surface area contributed by atoms with Gasteiger partial charge in [0.05, 0.1) is 12.8 Å². The second kappa shape index (κ2) is 9.96. The van der Waals surface area contributed by atoms with Crippen molar-refractivity contribution in [2.45, 2.75) is 13.5 Å². The van der Waals surface area contributed by atoms with Crippen LogP contribution in [0.5, 0.6) is 5.75 Å². The molecule has 2 aromatic rings. The van der Waals surface area contributed by atoms with Gasteiger partial charge in [-0.05, 0) is 19.1 Å². The Morgan fingerprint density at radius 1 is 1.00 bits per heavy atom. The van der Waals surface area contributed by atoms with E-state index in [2.05, 4.69) is 15.6 Å². The summed E-state index contributed by atoms with van der Waals surface area (Å²) >= 11 is 0. The van der Waals surface area contributed by atoms with E-state index in [1.165, 1.54) is 14.2 Å². The number of oxime groups is 2. The van der Waals surface area contributed by atoms with Gasteiger partial charge in [-0.3, -0.25) is 4.79 Å². The quantitative estimate of drug-likeness (QED) is 0.573. The van der Waals surface area contributed by atoms with Gasteiger partial charge in [-0.25, -0.2) is 0 Å². The van der Waals surface area contributed by atoms with Crippen molar-refractivity contribution in [3.8, 4) is 5.75 Å². The number of carbonyl (C=O) groups excluding carboxylic acids is 1. The Balaban J connectivity index is 2.21. The fraction of sp³-hybridized carbons (Fsp3) is 0.250. The molecule has 7 heteroatoms. The van der Waals surface area contributed by atoms with Crippen molar-refractivity contribution >= 4 is 17.3 Å². The summed E-state index contributed by atoms with van der Waals surface area (Å²) in [6, 6.07) is 14.9. The maximum absolute atomic E-state index is 12.1. The van der Waals surface area contributed by atoms with E-state index in [0.29, 0.717) is 11.3 Å². The topological polar surface area (TPSA) is 81.5 Å². The maximum atomic E-state index is 12.1. The molecule has 7 nitrogen and oxygen atoms in total. The van der Waals surface area contributed by atoms with E-state index in [0.717, 1.165) is 16.9 Å². The fourth-order valence-corrected chi connectivity index (χ4v) is 2.49. The number of carbonyl (C=O) groups is 1. The van der Waals surface area contributed by atoms with Crippen LogP contribution in [0.3, 0.4) is 0 Å². The molecule has 1 N–H and O–H groups in total. The molecule has 0 saturated heterocycles. The minimum atomic E-state index is -0.349. The third kappa shape index (κ3) is 5.07. The molecule has 0 aliphatic rings. The zero-order chi connectivity index (χ0) is 19.6. The lowest BCUT2D eigenvalue weighted by atomic mass is 10.0. The molecule has 0 fully saturated rings. The second-order valence-electron chi connectivity index (χ2n) is 5.51. The second-order valence-corrected chi connectivity index (χ2v) is 5.51. The molecule has 0 unspecified atom stereocenters. The minimum absolute atomic E-state index is 0.169. The summed E-state index contributed by atoms with van der Waals surface area (Å²) in [5, 5.41) is 10.6. The van der Waals surface area contributed by atoms with Crippen molar-refractivity contribution in [1.82, 2.24) is 5.32 Å². The summed E-state index contributed by atoms with van der Waals surface area (Å²) in [4.78, 5) is 22.4. The number of methoxy groups -OCH3 is 1. The van der Waals surface area contributed by atoms with Gasteiger partial charge in [0.2, 0.25) is 0 Å². The minimum Gasteiger partial charge on any atom is -0.496 e. The summed E-state index contributed by atoms with van der Waals surface area (Å²) in [5.41, 5.74) is 3.07. The highest BCUT2D eigenvalue weighted by Crippen LogP contribution is 2.19. The average molecular weight is 369 g/mol. The first kappa shape index (κ1) is 20.0. The lowest BCUT2D eigenvalue weighted by Gasteiger charge is -2.11. The zero-order valence-electron chi connectivity index (χ0n) is 15.9. The molecule has 0 aliphatic carbocycles. The number of para-hydroxylation sites is 1. The van der Waals surface area contributed by atoms with Crippen molar-refractivity contribution in [2.75, 3.05) is 21.3 Å². The van der Waals surface area contributed by atoms with Crippen LogP contribution in [0.2, 0.25) is 0 Å². The van der Waals surface area contributed by atoms with Crippen LogP contribution in [0.4, 0.5) is 0 Å². The summed E-state index contributed by atoms with van der Waals surface area (Å²) in [5.74, 6) is 0.370. The van der Waals surface area contributed by atoms with Gasteiger partial charge in [0.15, 0.2) is 5.71 Å². The van der Waals surface area contributed by atoms with Gasteiger partial charge in [0, 0.05) is 23.7 Å². The Labute approximate surface area is 158 Å². The van der Waals surface area contributed by atoms with Crippen molar-refractivity contribution in [3.05, 3.63) is 65.2 Å². The molecule has 0 bridgehead atoms. The van der Waals surface area contributed by atoms with Gasteiger partial charge < -0.3 is 19.7 Å². The maximum Gasteiger partial charge on any atom is 0.273 e. The van der Waals surface area contributed by atoms with E-state index in [4.69, 9.17) is 14.4 Å². The lowest BCUT2D eigenvalue weighted by Crippen LogP contribution is -2.29. The number of hydrogen-bond donors (Lipinski definition) is 1. The van der Waals surface area contributed by atoms with Crippen molar-refractivity contribution in [1.29, 1.82) is 0 Å². The molecular weight excluding hydrogens is 346 g/mol. The third-order valence-corrected chi connectivity index (χ3v) is 3.82. The molecule has 0 heterocycles. The first-order valence-electron chi connectivity index (χ1n) is 8.33.